The first kappa shape index (κ1) is 13.4. The van der Waals surface area contributed by atoms with Gasteiger partial charge in [0.1, 0.15) is 0 Å². The van der Waals surface area contributed by atoms with Gasteiger partial charge in [-0.15, -0.1) is 0 Å². The monoisotopic (exact) mass is 278 g/mol. The van der Waals surface area contributed by atoms with Gasteiger partial charge in [-0.3, -0.25) is 4.90 Å². The summed E-state index contributed by atoms with van der Waals surface area (Å²) >= 11 is 5.92. The summed E-state index contributed by atoms with van der Waals surface area (Å²) in [5.74, 6) is 0. The van der Waals surface area contributed by atoms with Gasteiger partial charge in [-0.1, -0.05) is 30.2 Å². The molecule has 0 aromatic heterocycles. The number of benzene rings is 1. The zero-order chi connectivity index (χ0) is 13.1. The molecule has 3 rings (SSSR count). The highest BCUT2D eigenvalue weighted by atomic mass is 35.5. The lowest BCUT2D eigenvalue weighted by Gasteiger charge is -2.44. The van der Waals surface area contributed by atoms with Crippen molar-refractivity contribution in [2.75, 3.05) is 32.7 Å². The van der Waals surface area contributed by atoms with Crippen LogP contribution in [0.3, 0.4) is 0 Å². The third-order valence-electron chi connectivity index (χ3n) is 4.55. The summed E-state index contributed by atoms with van der Waals surface area (Å²) in [4.78, 5) is 5.34. The van der Waals surface area contributed by atoms with E-state index < -0.39 is 0 Å². The average molecular weight is 279 g/mol. The van der Waals surface area contributed by atoms with E-state index in [1.165, 1.54) is 57.5 Å². The number of rotatable bonds is 3. The molecule has 0 bridgehead atoms. The van der Waals surface area contributed by atoms with E-state index in [0.717, 1.165) is 17.5 Å². The van der Waals surface area contributed by atoms with Crippen molar-refractivity contribution >= 4 is 11.6 Å². The molecule has 1 unspecified atom stereocenters. The fraction of sp³-hybridized carbons (Fsp3) is 0.625. The number of nitrogens with zero attached hydrogens (tertiary/aromatic N) is 2. The number of fused-ring (bicyclic) bond motifs is 1. The molecule has 2 nitrogen and oxygen atoms in total. The molecule has 2 saturated heterocycles. The van der Waals surface area contributed by atoms with Gasteiger partial charge in [0.25, 0.3) is 0 Å². The molecule has 2 aliphatic rings. The molecular weight excluding hydrogens is 256 g/mol. The molecule has 1 atom stereocenters. The maximum atomic E-state index is 5.92. The Kier molecular flexibility index (Phi) is 4.42. The van der Waals surface area contributed by atoms with Gasteiger partial charge < -0.3 is 4.90 Å². The van der Waals surface area contributed by atoms with Crippen LogP contribution in [-0.4, -0.2) is 48.6 Å². The highest BCUT2D eigenvalue weighted by Gasteiger charge is 2.28. The molecule has 0 radical (unpaired) electrons. The second-order valence-electron chi connectivity index (χ2n) is 5.86. The van der Waals surface area contributed by atoms with Crippen LogP contribution in [0.1, 0.15) is 24.8 Å². The van der Waals surface area contributed by atoms with Gasteiger partial charge in [0.2, 0.25) is 0 Å². The Morgan fingerprint density at radius 1 is 1.05 bits per heavy atom. The van der Waals surface area contributed by atoms with Gasteiger partial charge in [-0.25, -0.2) is 0 Å². The largest absolute Gasteiger partial charge is 0.300 e. The first-order chi connectivity index (χ1) is 9.31. The van der Waals surface area contributed by atoms with Crippen molar-refractivity contribution < 1.29 is 0 Å². The summed E-state index contributed by atoms with van der Waals surface area (Å²) in [5, 5.41) is 0.833. The smallest absolute Gasteiger partial charge is 0.0406 e. The zero-order valence-corrected chi connectivity index (χ0v) is 12.3. The van der Waals surface area contributed by atoms with Crippen molar-refractivity contribution in [2.45, 2.75) is 31.7 Å². The Bertz CT molecular complexity index is 404. The van der Waals surface area contributed by atoms with Crippen molar-refractivity contribution in [2.24, 2.45) is 0 Å². The molecule has 2 heterocycles. The third kappa shape index (κ3) is 3.50. The Morgan fingerprint density at radius 2 is 1.89 bits per heavy atom. The second kappa shape index (κ2) is 6.25. The summed E-state index contributed by atoms with van der Waals surface area (Å²) in [6, 6.07) is 9.12. The Balaban J connectivity index is 1.49. The van der Waals surface area contributed by atoms with Crippen molar-refractivity contribution in [3.63, 3.8) is 0 Å². The number of piperidine rings is 1. The number of hydrogen-bond donors (Lipinski definition) is 0. The molecule has 2 aliphatic heterocycles. The molecule has 0 spiro atoms. The molecule has 1 aromatic carbocycles. The Morgan fingerprint density at radius 3 is 2.74 bits per heavy atom. The van der Waals surface area contributed by atoms with Gasteiger partial charge >= 0.3 is 0 Å². The maximum absolute atomic E-state index is 5.92. The Labute approximate surface area is 121 Å². The first-order valence-corrected chi connectivity index (χ1v) is 7.90. The zero-order valence-electron chi connectivity index (χ0n) is 11.5. The van der Waals surface area contributed by atoms with Crippen LogP contribution < -0.4 is 0 Å². The van der Waals surface area contributed by atoms with Gasteiger partial charge in [-0.2, -0.15) is 0 Å². The van der Waals surface area contributed by atoms with Crippen LogP contribution in [0.15, 0.2) is 24.3 Å². The highest BCUT2D eigenvalue weighted by Crippen LogP contribution is 2.21. The quantitative estimate of drug-likeness (QED) is 0.839. The lowest BCUT2D eigenvalue weighted by molar-refractivity contribution is 0.0500. The molecule has 3 heteroatoms. The van der Waals surface area contributed by atoms with Crippen LogP contribution in [0, 0.1) is 0 Å². The molecular formula is C16H23ClN2. The molecule has 0 aliphatic carbocycles. The molecule has 0 N–H and O–H groups in total. The third-order valence-corrected chi connectivity index (χ3v) is 4.80. The minimum absolute atomic E-state index is 0.827. The number of hydrogen-bond acceptors (Lipinski definition) is 2. The van der Waals surface area contributed by atoms with Crippen molar-refractivity contribution in [3.8, 4) is 0 Å². The van der Waals surface area contributed by atoms with Crippen molar-refractivity contribution in [1.82, 2.24) is 9.80 Å². The standard InChI is InChI=1S/C16H23ClN2/c17-15-6-4-14(5-7-15)8-10-18-11-12-19-9-2-1-3-16(19)13-18/h4-7,16H,1-3,8-13H2. The molecule has 104 valence electrons. The van der Waals surface area contributed by atoms with E-state index in [-0.39, 0.29) is 0 Å². The van der Waals surface area contributed by atoms with Crippen LogP contribution in [0.5, 0.6) is 0 Å². The molecule has 1 aromatic rings. The number of piperazine rings is 1. The molecule has 2 fully saturated rings. The van der Waals surface area contributed by atoms with Gasteiger partial charge in [0.05, 0.1) is 0 Å². The fourth-order valence-corrected chi connectivity index (χ4v) is 3.49. The lowest BCUT2D eigenvalue weighted by Crippen LogP contribution is -2.55. The SMILES string of the molecule is Clc1ccc(CCN2CCN3CCCCC3C2)cc1. The van der Waals surface area contributed by atoms with E-state index in [9.17, 15) is 0 Å². The summed E-state index contributed by atoms with van der Waals surface area (Å²) in [6.45, 7) is 6.30. The predicted molar refractivity (Wildman–Crippen MR) is 80.8 cm³/mol. The van der Waals surface area contributed by atoms with E-state index >= 15 is 0 Å². The van der Waals surface area contributed by atoms with Crippen molar-refractivity contribution in [1.29, 1.82) is 0 Å². The molecule has 0 saturated carbocycles. The predicted octanol–water partition coefficient (Wildman–Crippen LogP) is 3.05. The summed E-state index contributed by atoms with van der Waals surface area (Å²) in [6.07, 6.45) is 5.37. The molecule has 0 amide bonds. The topological polar surface area (TPSA) is 6.48 Å². The molecule has 19 heavy (non-hydrogen) atoms. The van der Waals surface area contributed by atoms with E-state index in [1.807, 2.05) is 12.1 Å². The van der Waals surface area contributed by atoms with Crippen LogP contribution in [0.4, 0.5) is 0 Å². The normalized spacial score (nSPS) is 25.2. The summed E-state index contributed by atoms with van der Waals surface area (Å²) < 4.78 is 0. The van der Waals surface area contributed by atoms with Gasteiger partial charge in [0.15, 0.2) is 0 Å². The Hall–Kier alpha value is -0.570. The summed E-state index contributed by atoms with van der Waals surface area (Å²) in [7, 11) is 0. The maximum Gasteiger partial charge on any atom is 0.0406 e. The van der Waals surface area contributed by atoms with E-state index in [0.29, 0.717) is 0 Å². The minimum Gasteiger partial charge on any atom is -0.300 e. The lowest BCUT2D eigenvalue weighted by atomic mass is 9.99. The second-order valence-corrected chi connectivity index (χ2v) is 6.30. The van der Waals surface area contributed by atoms with Crippen LogP contribution in [0.25, 0.3) is 0 Å². The first-order valence-electron chi connectivity index (χ1n) is 7.52. The van der Waals surface area contributed by atoms with Crippen molar-refractivity contribution in [3.05, 3.63) is 34.9 Å². The van der Waals surface area contributed by atoms with Gasteiger partial charge in [0, 0.05) is 37.2 Å². The average Bonchev–Trinajstić information content (AvgIpc) is 2.46. The van der Waals surface area contributed by atoms with E-state index in [4.69, 9.17) is 11.6 Å². The fourth-order valence-electron chi connectivity index (χ4n) is 3.36. The van der Waals surface area contributed by atoms with E-state index in [1.54, 1.807) is 0 Å². The van der Waals surface area contributed by atoms with Crippen LogP contribution >= 0.6 is 11.6 Å². The van der Waals surface area contributed by atoms with Crippen LogP contribution in [0.2, 0.25) is 5.02 Å². The summed E-state index contributed by atoms with van der Waals surface area (Å²) in [5.41, 5.74) is 1.40. The minimum atomic E-state index is 0.827. The number of halogens is 1. The van der Waals surface area contributed by atoms with Gasteiger partial charge in [-0.05, 0) is 43.5 Å². The van der Waals surface area contributed by atoms with E-state index in [2.05, 4.69) is 21.9 Å². The highest BCUT2D eigenvalue weighted by molar-refractivity contribution is 6.30. The van der Waals surface area contributed by atoms with Crippen LogP contribution in [-0.2, 0) is 6.42 Å².